The Balaban J connectivity index is 2.51. The van der Waals surface area contributed by atoms with Gasteiger partial charge in [-0.05, 0) is 13.3 Å². The number of likely N-dealkylation sites (tertiary alicyclic amines) is 1. The van der Waals surface area contributed by atoms with Crippen molar-refractivity contribution >= 4 is 34.7 Å². The molecule has 1 aliphatic heterocycles. The Morgan fingerprint density at radius 2 is 2.12 bits per heavy atom. The first-order valence-corrected chi connectivity index (χ1v) is 9.26. The maximum atomic E-state index is 12.1. The Morgan fingerprint density at radius 1 is 1.44 bits per heavy atom. The SMILES string of the molecule is CCCCOC(=O)C(O)N1C(=O)CC1(C)CC(=O)SCCNC(C)=O. The van der Waals surface area contributed by atoms with Crippen molar-refractivity contribution < 1.29 is 29.0 Å². The predicted octanol–water partition coefficient (Wildman–Crippen LogP) is 0.425. The number of aliphatic hydroxyl groups excluding tert-OH is 1. The first kappa shape index (κ1) is 21.4. The van der Waals surface area contributed by atoms with Crippen LogP contribution in [0.1, 0.15) is 46.5 Å². The van der Waals surface area contributed by atoms with E-state index in [-0.39, 0.29) is 30.5 Å². The molecule has 2 N–H and O–H groups in total. The normalized spacial score (nSPS) is 20.6. The summed E-state index contributed by atoms with van der Waals surface area (Å²) < 4.78 is 4.94. The largest absolute Gasteiger partial charge is 0.462 e. The van der Waals surface area contributed by atoms with E-state index in [0.717, 1.165) is 23.1 Å². The van der Waals surface area contributed by atoms with E-state index >= 15 is 0 Å². The number of hydrogen-bond donors (Lipinski definition) is 2. The summed E-state index contributed by atoms with van der Waals surface area (Å²) in [4.78, 5) is 47.5. The lowest BCUT2D eigenvalue weighted by Crippen LogP contribution is -2.67. The molecule has 0 aromatic rings. The van der Waals surface area contributed by atoms with Gasteiger partial charge in [-0.1, -0.05) is 25.1 Å². The fourth-order valence-corrected chi connectivity index (χ4v) is 3.38. The molecular weight excluding hydrogens is 348 g/mol. The average molecular weight is 374 g/mol. The van der Waals surface area contributed by atoms with E-state index in [9.17, 15) is 24.3 Å². The molecule has 0 bridgehead atoms. The minimum absolute atomic E-state index is 0.0166. The van der Waals surface area contributed by atoms with Gasteiger partial charge in [0.05, 0.1) is 18.6 Å². The quantitative estimate of drug-likeness (QED) is 0.324. The molecule has 2 unspecified atom stereocenters. The van der Waals surface area contributed by atoms with Crippen molar-refractivity contribution in [2.75, 3.05) is 18.9 Å². The second-order valence-corrected chi connectivity index (χ2v) is 7.36. The number of amides is 2. The summed E-state index contributed by atoms with van der Waals surface area (Å²) in [5, 5.41) is 12.5. The molecule has 2 amide bonds. The first-order valence-electron chi connectivity index (χ1n) is 8.28. The summed E-state index contributed by atoms with van der Waals surface area (Å²) in [5.74, 6) is -1.01. The number of nitrogens with zero attached hydrogens (tertiary/aromatic N) is 1. The molecule has 0 spiro atoms. The number of carbonyl (C=O) groups excluding carboxylic acids is 4. The second-order valence-electron chi connectivity index (χ2n) is 6.21. The van der Waals surface area contributed by atoms with Gasteiger partial charge < -0.3 is 20.1 Å². The Bertz CT molecular complexity index is 527. The van der Waals surface area contributed by atoms with Crippen LogP contribution >= 0.6 is 11.8 Å². The molecule has 0 radical (unpaired) electrons. The maximum Gasteiger partial charge on any atom is 0.356 e. The van der Waals surface area contributed by atoms with Gasteiger partial charge in [0.15, 0.2) is 5.12 Å². The summed E-state index contributed by atoms with van der Waals surface area (Å²) in [7, 11) is 0. The molecule has 0 aromatic carbocycles. The van der Waals surface area contributed by atoms with Crippen molar-refractivity contribution in [3.8, 4) is 0 Å². The molecule has 1 saturated heterocycles. The van der Waals surface area contributed by atoms with E-state index in [1.165, 1.54) is 6.92 Å². The van der Waals surface area contributed by atoms with Gasteiger partial charge in [0.1, 0.15) is 0 Å². The van der Waals surface area contributed by atoms with Crippen LogP contribution in [0.3, 0.4) is 0 Å². The van der Waals surface area contributed by atoms with Crippen molar-refractivity contribution in [1.82, 2.24) is 10.2 Å². The van der Waals surface area contributed by atoms with Gasteiger partial charge in [-0.25, -0.2) is 4.79 Å². The molecule has 25 heavy (non-hydrogen) atoms. The minimum Gasteiger partial charge on any atom is -0.462 e. The molecular formula is C16H26N2O6S. The summed E-state index contributed by atoms with van der Waals surface area (Å²) in [6.07, 6.45) is -0.0750. The zero-order chi connectivity index (χ0) is 19.0. The third kappa shape index (κ3) is 6.32. The Morgan fingerprint density at radius 3 is 2.68 bits per heavy atom. The average Bonchev–Trinajstić information content (AvgIpc) is 2.50. The summed E-state index contributed by atoms with van der Waals surface area (Å²) in [6, 6.07) is 0. The van der Waals surface area contributed by atoms with E-state index in [2.05, 4.69) is 5.32 Å². The highest BCUT2D eigenvalue weighted by Crippen LogP contribution is 2.37. The number of aliphatic hydroxyl groups is 1. The zero-order valence-corrected chi connectivity index (χ0v) is 15.7. The first-order chi connectivity index (χ1) is 11.7. The summed E-state index contributed by atoms with van der Waals surface area (Å²) >= 11 is 1.05. The Labute approximate surface area is 151 Å². The van der Waals surface area contributed by atoms with E-state index in [0.29, 0.717) is 18.7 Å². The molecule has 8 nitrogen and oxygen atoms in total. The molecule has 1 rings (SSSR count). The molecule has 0 aromatic heterocycles. The highest BCUT2D eigenvalue weighted by molar-refractivity contribution is 8.13. The third-order valence-electron chi connectivity index (χ3n) is 3.84. The molecule has 1 heterocycles. The summed E-state index contributed by atoms with van der Waals surface area (Å²) in [5.41, 5.74) is -0.904. The monoisotopic (exact) mass is 374 g/mol. The van der Waals surface area contributed by atoms with Crippen molar-refractivity contribution in [2.45, 2.75) is 58.2 Å². The number of hydrogen-bond acceptors (Lipinski definition) is 7. The number of esters is 1. The number of carbonyl (C=O) groups is 4. The highest BCUT2D eigenvalue weighted by atomic mass is 32.2. The van der Waals surface area contributed by atoms with Gasteiger partial charge in [0.25, 0.3) is 0 Å². The Hall–Kier alpha value is -1.61. The number of thioether (sulfide) groups is 1. The van der Waals surface area contributed by atoms with Gasteiger partial charge in [-0.15, -0.1) is 0 Å². The Kier molecular flexibility index (Phi) is 8.37. The standard InChI is InChI=1S/C16H26N2O6S/c1-4-5-7-24-15(23)14(22)18-12(20)9-16(18,3)10-13(21)25-8-6-17-11(2)19/h14,22H,4-10H2,1-3H3,(H,17,19). The molecule has 1 aliphatic rings. The van der Waals surface area contributed by atoms with Crippen LogP contribution in [0.2, 0.25) is 0 Å². The molecule has 142 valence electrons. The van der Waals surface area contributed by atoms with E-state index in [1.54, 1.807) is 6.92 Å². The van der Waals surface area contributed by atoms with Crippen LogP contribution in [0, 0.1) is 0 Å². The number of ether oxygens (including phenoxy) is 1. The van der Waals surface area contributed by atoms with Gasteiger partial charge in [0.2, 0.25) is 18.0 Å². The smallest absolute Gasteiger partial charge is 0.356 e. The molecule has 0 saturated carbocycles. The van der Waals surface area contributed by atoms with E-state index < -0.39 is 23.6 Å². The van der Waals surface area contributed by atoms with E-state index in [1.807, 2.05) is 6.92 Å². The minimum atomic E-state index is -1.69. The lowest BCUT2D eigenvalue weighted by Gasteiger charge is -2.50. The maximum absolute atomic E-state index is 12.1. The fourth-order valence-electron chi connectivity index (χ4n) is 2.54. The van der Waals surface area contributed by atoms with Crippen LogP contribution in [-0.2, 0) is 23.9 Å². The van der Waals surface area contributed by atoms with Crippen molar-refractivity contribution in [1.29, 1.82) is 0 Å². The molecule has 9 heteroatoms. The van der Waals surface area contributed by atoms with Crippen LogP contribution in [0.4, 0.5) is 0 Å². The van der Waals surface area contributed by atoms with Gasteiger partial charge in [-0.2, -0.15) is 0 Å². The molecule has 1 fully saturated rings. The van der Waals surface area contributed by atoms with Crippen molar-refractivity contribution in [3.05, 3.63) is 0 Å². The van der Waals surface area contributed by atoms with Gasteiger partial charge in [-0.3, -0.25) is 14.4 Å². The van der Waals surface area contributed by atoms with Crippen LogP contribution in [0.25, 0.3) is 0 Å². The second kappa shape index (κ2) is 9.76. The van der Waals surface area contributed by atoms with Crippen LogP contribution in [-0.4, -0.2) is 63.6 Å². The topological polar surface area (TPSA) is 113 Å². The van der Waals surface area contributed by atoms with Gasteiger partial charge >= 0.3 is 5.97 Å². The van der Waals surface area contributed by atoms with Crippen LogP contribution < -0.4 is 5.32 Å². The van der Waals surface area contributed by atoms with Crippen molar-refractivity contribution in [3.63, 3.8) is 0 Å². The number of rotatable bonds is 10. The number of β-lactam (4-membered cyclic amide) rings is 1. The molecule has 2 atom stereocenters. The number of unbranched alkanes of at least 4 members (excludes halogenated alkanes) is 1. The lowest BCUT2D eigenvalue weighted by atomic mass is 9.82. The fraction of sp³-hybridized carbons (Fsp3) is 0.750. The summed E-state index contributed by atoms with van der Waals surface area (Å²) in [6.45, 7) is 5.55. The van der Waals surface area contributed by atoms with Crippen molar-refractivity contribution in [2.24, 2.45) is 0 Å². The van der Waals surface area contributed by atoms with E-state index in [4.69, 9.17) is 4.74 Å². The van der Waals surface area contributed by atoms with Crippen LogP contribution in [0.15, 0.2) is 0 Å². The predicted molar refractivity (Wildman–Crippen MR) is 92.5 cm³/mol. The van der Waals surface area contributed by atoms with Gasteiger partial charge in [0, 0.05) is 25.6 Å². The van der Waals surface area contributed by atoms with Crippen LogP contribution in [0.5, 0.6) is 0 Å². The number of nitrogens with one attached hydrogen (secondary N) is 1. The molecule has 0 aliphatic carbocycles. The zero-order valence-electron chi connectivity index (χ0n) is 14.9. The third-order valence-corrected chi connectivity index (χ3v) is 4.72. The highest BCUT2D eigenvalue weighted by Gasteiger charge is 2.53. The lowest BCUT2D eigenvalue weighted by molar-refractivity contribution is -0.194.